The third-order valence-corrected chi connectivity index (χ3v) is 3.71. The highest BCUT2D eigenvalue weighted by Gasteiger charge is 2.24. The third-order valence-electron chi connectivity index (χ3n) is 3.39. The summed E-state index contributed by atoms with van der Waals surface area (Å²) in [4.78, 5) is 20.5. The lowest BCUT2D eigenvalue weighted by Gasteiger charge is -2.10. The minimum absolute atomic E-state index is 0.254. The average molecular weight is 320 g/mol. The Morgan fingerprint density at radius 2 is 2.27 bits per heavy atom. The molecule has 0 unspecified atom stereocenters. The number of benzene rings is 1. The molecular formula is C15H14ClN3O3. The fraction of sp³-hybridized carbons (Fsp3) is 0.267. The standard InChI is InChI=1S/C15H14ClN3O3/c1-3-22-15(20)13-12-7-17-14(16)10-6-9(21-2)4-5-11(10)19(12)8-18-13/h4-6,8H,3,7H2,1-2H3. The number of halogens is 1. The number of aromatic nitrogens is 2. The van der Waals surface area contributed by atoms with Crippen LogP contribution in [0.2, 0.25) is 0 Å². The summed E-state index contributed by atoms with van der Waals surface area (Å²) in [6.07, 6.45) is 1.58. The van der Waals surface area contributed by atoms with E-state index in [9.17, 15) is 4.79 Å². The van der Waals surface area contributed by atoms with Crippen molar-refractivity contribution < 1.29 is 14.3 Å². The van der Waals surface area contributed by atoms with Crippen molar-refractivity contribution in [3.63, 3.8) is 0 Å². The van der Waals surface area contributed by atoms with Crippen LogP contribution in [0.3, 0.4) is 0 Å². The molecule has 1 aromatic carbocycles. The number of hydrogen-bond acceptors (Lipinski definition) is 5. The first-order valence-corrected chi connectivity index (χ1v) is 7.15. The average Bonchev–Trinajstić information content (AvgIpc) is 2.90. The van der Waals surface area contributed by atoms with E-state index in [4.69, 9.17) is 21.1 Å². The molecule has 1 aliphatic rings. The minimum atomic E-state index is -0.459. The van der Waals surface area contributed by atoms with Gasteiger partial charge in [0, 0.05) is 5.56 Å². The van der Waals surface area contributed by atoms with Crippen molar-refractivity contribution in [3.8, 4) is 11.4 Å². The predicted molar refractivity (Wildman–Crippen MR) is 82.2 cm³/mol. The van der Waals surface area contributed by atoms with Crippen molar-refractivity contribution in [1.29, 1.82) is 0 Å². The maximum Gasteiger partial charge on any atom is 0.358 e. The van der Waals surface area contributed by atoms with Gasteiger partial charge in [-0.1, -0.05) is 11.6 Å². The van der Waals surface area contributed by atoms with Gasteiger partial charge in [0.1, 0.15) is 17.2 Å². The summed E-state index contributed by atoms with van der Waals surface area (Å²) >= 11 is 6.27. The first kappa shape index (κ1) is 14.6. The molecule has 0 saturated carbocycles. The molecule has 0 atom stereocenters. The van der Waals surface area contributed by atoms with E-state index in [0.29, 0.717) is 23.2 Å². The van der Waals surface area contributed by atoms with Crippen molar-refractivity contribution in [3.05, 3.63) is 41.5 Å². The zero-order chi connectivity index (χ0) is 15.7. The molecule has 3 rings (SSSR count). The van der Waals surface area contributed by atoms with Crippen molar-refractivity contribution in [1.82, 2.24) is 9.55 Å². The van der Waals surface area contributed by atoms with Crippen LogP contribution in [-0.4, -0.2) is 34.4 Å². The molecule has 1 aromatic heterocycles. The van der Waals surface area contributed by atoms with Gasteiger partial charge in [0.15, 0.2) is 5.69 Å². The molecule has 0 amide bonds. The van der Waals surface area contributed by atoms with Crippen LogP contribution < -0.4 is 4.74 Å². The molecule has 114 valence electrons. The highest BCUT2D eigenvalue weighted by atomic mass is 35.5. The maximum absolute atomic E-state index is 12.0. The molecule has 7 heteroatoms. The Morgan fingerprint density at radius 1 is 1.45 bits per heavy atom. The lowest BCUT2D eigenvalue weighted by atomic mass is 10.1. The van der Waals surface area contributed by atoms with Crippen LogP contribution in [-0.2, 0) is 11.3 Å². The molecule has 0 aliphatic carbocycles. The Balaban J connectivity index is 2.15. The van der Waals surface area contributed by atoms with Crippen LogP contribution in [0, 0.1) is 0 Å². The first-order chi connectivity index (χ1) is 10.7. The molecule has 0 saturated heterocycles. The fourth-order valence-electron chi connectivity index (χ4n) is 2.35. The van der Waals surface area contributed by atoms with Gasteiger partial charge in [-0.05, 0) is 25.1 Å². The summed E-state index contributed by atoms with van der Waals surface area (Å²) in [7, 11) is 1.59. The second-order valence-electron chi connectivity index (χ2n) is 4.62. The molecule has 2 aromatic rings. The number of carbonyl (C=O) groups is 1. The SMILES string of the molecule is CCOC(=O)c1ncn2c1CN=C(Cl)c1cc(OC)ccc1-2. The van der Waals surface area contributed by atoms with Crippen LogP contribution in [0.5, 0.6) is 5.75 Å². The summed E-state index contributed by atoms with van der Waals surface area (Å²) < 4.78 is 12.1. The van der Waals surface area contributed by atoms with E-state index >= 15 is 0 Å². The molecule has 2 heterocycles. The van der Waals surface area contributed by atoms with Crippen LogP contribution in [0.25, 0.3) is 5.69 Å². The number of hydrogen-bond donors (Lipinski definition) is 0. The van der Waals surface area contributed by atoms with Gasteiger partial charge in [-0.15, -0.1) is 0 Å². The third kappa shape index (κ3) is 2.35. The molecule has 6 nitrogen and oxygen atoms in total. The number of rotatable bonds is 3. The number of nitrogens with zero attached hydrogens (tertiary/aromatic N) is 3. The van der Waals surface area contributed by atoms with Crippen LogP contribution in [0.15, 0.2) is 29.5 Å². The predicted octanol–water partition coefficient (Wildman–Crippen LogP) is 2.56. The molecule has 0 fully saturated rings. The van der Waals surface area contributed by atoms with Crippen LogP contribution >= 0.6 is 11.6 Å². The van der Waals surface area contributed by atoms with Crippen molar-refractivity contribution >= 4 is 22.7 Å². The van der Waals surface area contributed by atoms with Gasteiger partial charge in [0.25, 0.3) is 0 Å². The van der Waals surface area contributed by atoms with Gasteiger partial charge in [0.2, 0.25) is 0 Å². The van der Waals surface area contributed by atoms with E-state index in [1.165, 1.54) is 0 Å². The molecular weight excluding hydrogens is 306 g/mol. The Morgan fingerprint density at radius 3 is 3.00 bits per heavy atom. The minimum Gasteiger partial charge on any atom is -0.497 e. The fourth-order valence-corrected chi connectivity index (χ4v) is 2.56. The summed E-state index contributed by atoms with van der Waals surface area (Å²) in [5, 5.41) is 0.368. The number of fused-ring (bicyclic) bond motifs is 3. The lowest BCUT2D eigenvalue weighted by Crippen LogP contribution is -2.09. The number of methoxy groups -OCH3 is 1. The largest absolute Gasteiger partial charge is 0.497 e. The normalized spacial score (nSPS) is 12.8. The summed E-state index contributed by atoms with van der Waals surface area (Å²) in [6, 6.07) is 5.49. The van der Waals surface area contributed by atoms with E-state index in [0.717, 1.165) is 11.3 Å². The maximum atomic E-state index is 12.0. The van der Waals surface area contributed by atoms with Gasteiger partial charge >= 0.3 is 5.97 Å². The Kier molecular flexibility index (Phi) is 3.85. The number of imidazole rings is 1. The van der Waals surface area contributed by atoms with Crippen molar-refractivity contribution in [2.24, 2.45) is 4.99 Å². The Labute approximate surface area is 132 Å². The first-order valence-electron chi connectivity index (χ1n) is 6.77. The van der Waals surface area contributed by atoms with E-state index in [2.05, 4.69) is 9.98 Å². The quantitative estimate of drug-likeness (QED) is 0.815. The smallest absolute Gasteiger partial charge is 0.358 e. The Bertz CT molecular complexity index is 767. The van der Waals surface area contributed by atoms with Gasteiger partial charge in [0.05, 0.1) is 31.6 Å². The van der Waals surface area contributed by atoms with E-state index < -0.39 is 5.97 Å². The number of ether oxygens (including phenoxy) is 2. The van der Waals surface area contributed by atoms with E-state index in [1.54, 1.807) is 31.0 Å². The summed E-state index contributed by atoms with van der Waals surface area (Å²) in [5.41, 5.74) is 2.44. The van der Waals surface area contributed by atoms with Gasteiger partial charge < -0.3 is 9.47 Å². The lowest BCUT2D eigenvalue weighted by molar-refractivity contribution is 0.0518. The Hall–Kier alpha value is -2.34. The molecule has 22 heavy (non-hydrogen) atoms. The zero-order valence-corrected chi connectivity index (χ0v) is 12.9. The van der Waals surface area contributed by atoms with E-state index in [1.807, 2.05) is 12.1 Å². The summed E-state index contributed by atoms with van der Waals surface area (Å²) in [5.74, 6) is 0.223. The second-order valence-corrected chi connectivity index (χ2v) is 4.98. The number of aliphatic imine (C=N–C) groups is 1. The topological polar surface area (TPSA) is 65.7 Å². The van der Waals surface area contributed by atoms with E-state index in [-0.39, 0.29) is 12.2 Å². The van der Waals surface area contributed by atoms with Crippen LogP contribution in [0.1, 0.15) is 28.7 Å². The number of carbonyl (C=O) groups excluding carboxylic acids is 1. The summed E-state index contributed by atoms with van der Waals surface area (Å²) in [6.45, 7) is 2.30. The molecule has 0 radical (unpaired) electrons. The zero-order valence-electron chi connectivity index (χ0n) is 12.2. The van der Waals surface area contributed by atoms with Gasteiger partial charge in [-0.2, -0.15) is 0 Å². The highest BCUT2D eigenvalue weighted by Crippen LogP contribution is 2.28. The second kappa shape index (κ2) is 5.81. The molecule has 1 aliphatic heterocycles. The molecule has 0 N–H and O–H groups in total. The van der Waals surface area contributed by atoms with Gasteiger partial charge in [-0.3, -0.25) is 9.56 Å². The monoisotopic (exact) mass is 319 g/mol. The van der Waals surface area contributed by atoms with Crippen molar-refractivity contribution in [2.45, 2.75) is 13.5 Å². The highest BCUT2D eigenvalue weighted by molar-refractivity contribution is 6.70. The number of esters is 1. The van der Waals surface area contributed by atoms with Crippen LogP contribution in [0.4, 0.5) is 0 Å². The van der Waals surface area contributed by atoms with Crippen molar-refractivity contribution in [2.75, 3.05) is 13.7 Å². The van der Waals surface area contributed by atoms with Gasteiger partial charge in [-0.25, -0.2) is 9.78 Å². The molecule has 0 bridgehead atoms. The molecule has 0 spiro atoms.